The first kappa shape index (κ1) is 18.8. The molecule has 2 rings (SSSR count). The number of benzene rings is 2. The molecule has 0 saturated heterocycles. The molecule has 0 atom stereocenters. The number of primary amides is 1. The largest absolute Gasteiger partial charge is 0.446 e. The Hall–Kier alpha value is -2.55. The van der Waals surface area contributed by atoms with E-state index in [2.05, 4.69) is 5.32 Å². The van der Waals surface area contributed by atoms with Gasteiger partial charge in [0.2, 0.25) is 5.91 Å². The number of nitrogens with two attached hydrogens (primary N) is 1. The van der Waals surface area contributed by atoms with Crippen LogP contribution < -0.4 is 11.1 Å². The van der Waals surface area contributed by atoms with Gasteiger partial charge in [0.05, 0.1) is 0 Å². The first-order chi connectivity index (χ1) is 11.6. The van der Waals surface area contributed by atoms with Crippen molar-refractivity contribution in [2.24, 2.45) is 5.73 Å². The van der Waals surface area contributed by atoms with Crippen molar-refractivity contribution in [3.05, 3.63) is 58.9 Å². The van der Waals surface area contributed by atoms with Crippen LogP contribution in [0.5, 0.6) is 0 Å². The average Bonchev–Trinajstić information content (AvgIpc) is 2.50. The SMILES string of the molecule is Cc1c(F)cc(C(N)=O)cc1NC(=O)c1ccc(SC(F)(F)F)cc1. The number of nitrogens with one attached hydrogen (secondary N) is 1. The van der Waals surface area contributed by atoms with Gasteiger partial charge >= 0.3 is 5.51 Å². The fourth-order valence-electron chi connectivity index (χ4n) is 1.95. The molecule has 2 amide bonds. The maximum absolute atomic E-state index is 13.8. The number of anilines is 1. The number of hydrogen-bond acceptors (Lipinski definition) is 3. The Morgan fingerprint density at radius 1 is 1.08 bits per heavy atom. The van der Waals surface area contributed by atoms with Crippen LogP contribution in [0.1, 0.15) is 26.3 Å². The normalized spacial score (nSPS) is 11.2. The molecule has 0 saturated carbocycles. The molecule has 25 heavy (non-hydrogen) atoms. The topological polar surface area (TPSA) is 72.2 Å². The summed E-state index contributed by atoms with van der Waals surface area (Å²) in [5.74, 6) is -2.24. The molecule has 0 aliphatic rings. The molecule has 0 bridgehead atoms. The predicted octanol–water partition coefficient (Wildman–Crippen LogP) is 4.10. The van der Waals surface area contributed by atoms with Crippen molar-refractivity contribution in [2.75, 3.05) is 5.32 Å². The summed E-state index contributed by atoms with van der Waals surface area (Å²) in [5, 5.41) is 2.41. The van der Waals surface area contributed by atoms with Crippen molar-refractivity contribution in [1.82, 2.24) is 0 Å². The second-order valence-electron chi connectivity index (χ2n) is 5.02. The quantitative estimate of drug-likeness (QED) is 0.627. The molecule has 3 N–H and O–H groups in total. The van der Waals surface area contributed by atoms with Crippen LogP contribution in [0.3, 0.4) is 0 Å². The minimum absolute atomic E-state index is 0.0487. The van der Waals surface area contributed by atoms with Gasteiger partial charge in [0, 0.05) is 27.3 Å². The van der Waals surface area contributed by atoms with E-state index in [-0.39, 0.29) is 39.0 Å². The first-order valence-corrected chi connectivity index (χ1v) is 7.65. The Bertz CT molecular complexity index is 820. The van der Waals surface area contributed by atoms with Crippen LogP contribution in [0.25, 0.3) is 0 Å². The number of rotatable bonds is 4. The van der Waals surface area contributed by atoms with E-state index >= 15 is 0 Å². The van der Waals surface area contributed by atoms with Crippen molar-refractivity contribution < 1.29 is 27.2 Å². The summed E-state index contributed by atoms with van der Waals surface area (Å²) in [7, 11) is 0. The Morgan fingerprint density at radius 2 is 1.68 bits per heavy atom. The van der Waals surface area contributed by atoms with Crippen molar-refractivity contribution in [3.63, 3.8) is 0 Å². The predicted molar refractivity (Wildman–Crippen MR) is 86.0 cm³/mol. The van der Waals surface area contributed by atoms with Crippen LogP contribution in [-0.2, 0) is 0 Å². The summed E-state index contributed by atoms with van der Waals surface area (Å²) < 4.78 is 50.6. The molecule has 0 spiro atoms. The summed E-state index contributed by atoms with van der Waals surface area (Å²) in [6.07, 6.45) is 0. The number of hydrogen-bond donors (Lipinski definition) is 2. The summed E-state index contributed by atoms with van der Waals surface area (Å²) in [6.45, 7) is 1.40. The molecule has 4 nitrogen and oxygen atoms in total. The van der Waals surface area contributed by atoms with Crippen molar-refractivity contribution in [3.8, 4) is 0 Å². The number of alkyl halides is 3. The molecule has 2 aromatic rings. The summed E-state index contributed by atoms with van der Waals surface area (Å²) >= 11 is -0.298. The number of halogens is 4. The molecular formula is C16H12F4N2O2S. The fourth-order valence-corrected chi connectivity index (χ4v) is 2.49. The Morgan fingerprint density at radius 3 is 2.20 bits per heavy atom. The third-order valence-corrected chi connectivity index (χ3v) is 3.97. The van der Waals surface area contributed by atoms with Gasteiger partial charge in [0.15, 0.2) is 0 Å². The highest BCUT2D eigenvalue weighted by atomic mass is 32.2. The highest BCUT2D eigenvalue weighted by Crippen LogP contribution is 2.36. The zero-order valence-corrected chi connectivity index (χ0v) is 13.6. The van der Waals surface area contributed by atoms with Crippen molar-refractivity contribution in [2.45, 2.75) is 17.3 Å². The van der Waals surface area contributed by atoms with Gasteiger partial charge in [-0.2, -0.15) is 13.2 Å². The van der Waals surface area contributed by atoms with Crippen molar-refractivity contribution in [1.29, 1.82) is 0 Å². The lowest BCUT2D eigenvalue weighted by atomic mass is 10.1. The lowest BCUT2D eigenvalue weighted by molar-refractivity contribution is -0.0328. The number of amides is 2. The summed E-state index contributed by atoms with van der Waals surface area (Å²) in [4.78, 5) is 23.3. The zero-order valence-electron chi connectivity index (χ0n) is 12.8. The molecule has 0 fully saturated rings. The number of thioether (sulfide) groups is 1. The van der Waals surface area contributed by atoms with Gasteiger partial charge in [-0.05, 0) is 55.1 Å². The van der Waals surface area contributed by atoms with E-state index in [9.17, 15) is 27.2 Å². The first-order valence-electron chi connectivity index (χ1n) is 6.84. The van der Waals surface area contributed by atoms with Gasteiger partial charge in [-0.3, -0.25) is 9.59 Å². The van der Waals surface area contributed by atoms with Crippen LogP contribution >= 0.6 is 11.8 Å². The molecule has 0 unspecified atom stereocenters. The molecule has 2 aromatic carbocycles. The highest BCUT2D eigenvalue weighted by molar-refractivity contribution is 8.00. The minimum atomic E-state index is -4.42. The van der Waals surface area contributed by atoms with Gasteiger partial charge in [-0.25, -0.2) is 4.39 Å². The van der Waals surface area contributed by atoms with Crippen LogP contribution in [0.15, 0.2) is 41.3 Å². The zero-order chi connectivity index (χ0) is 18.8. The molecule has 0 heterocycles. The van der Waals surface area contributed by atoms with E-state index in [1.165, 1.54) is 25.1 Å². The standard InChI is InChI=1S/C16H12F4N2O2S/c1-8-12(17)6-10(14(21)23)7-13(8)22-15(24)9-2-4-11(5-3-9)25-16(18,19)20/h2-7H,1H3,(H2,21,23)(H,22,24). The summed E-state index contributed by atoms with van der Waals surface area (Å²) in [5.41, 5.74) is 0.787. The molecule has 0 aromatic heterocycles. The Labute approximate surface area is 144 Å². The Kier molecular flexibility index (Phi) is 5.36. The number of carbonyl (C=O) groups is 2. The third kappa shape index (κ3) is 4.96. The monoisotopic (exact) mass is 372 g/mol. The Balaban J connectivity index is 2.21. The third-order valence-electron chi connectivity index (χ3n) is 3.23. The van der Waals surface area contributed by atoms with E-state index in [0.29, 0.717) is 0 Å². The van der Waals surface area contributed by atoms with E-state index < -0.39 is 23.1 Å². The van der Waals surface area contributed by atoms with Gasteiger partial charge in [0.1, 0.15) is 5.82 Å². The van der Waals surface area contributed by atoms with Crippen LogP contribution in [-0.4, -0.2) is 17.3 Å². The van der Waals surface area contributed by atoms with Crippen LogP contribution in [0.2, 0.25) is 0 Å². The summed E-state index contributed by atoms with van der Waals surface area (Å²) in [6, 6.07) is 6.92. The highest BCUT2D eigenvalue weighted by Gasteiger charge is 2.29. The molecule has 0 radical (unpaired) electrons. The van der Waals surface area contributed by atoms with Gasteiger partial charge in [-0.1, -0.05) is 0 Å². The second-order valence-corrected chi connectivity index (χ2v) is 6.16. The van der Waals surface area contributed by atoms with E-state index in [4.69, 9.17) is 5.73 Å². The lowest BCUT2D eigenvalue weighted by Crippen LogP contribution is -2.16. The van der Waals surface area contributed by atoms with Crippen molar-refractivity contribution >= 4 is 29.3 Å². The molecule has 0 aliphatic carbocycles. The number of carbonyl (C=O) groups excluding carboxylic acids is 2. The van der Waals surface area contributed by atoms with E-state index in [1.807, 2.05) is 0 Å². The fraction of sp³-hybridized carbons (Fsp3) is 0.125. The van der Waals surface area contributed by atoms with Crippen LogP contribution in [0.4, 0.5) is 23.2 Å². The van der Waals surface area contributed by atoms with Gasteiger partial charge < -0.3 is 11.1 Å². The average molecular weight is 372 g/mol. The molecule has 132 valence electrons. The maximum atomic E-state index is 13.8. The van der Waals surface area contributed by atoms with Crippen LogP contribution in [0, 0.1) is 12.7 Å². The van der Waals surface area contributed by atoms with E-state index in [1.54, 1.807) is 0 Å². The van der Waals surface area contributed by atoms with Gasteiger partial charge in [-0.15, -0.1) is 0 Å². The van der Waals surface area contributed by atoms with Gasteiger partial charge in [0.25, 0.3) is 5.91 Å². The lowest BCUT2D eigenvalue weighted by Gasteiger charge is -2.11. The second kappa shape index (κ2) is 7.14. The molecule has 9 heteroatoms. The van der Waals surface area contributed by atoms with E-state index in [0.717, 1.165) is 18.2 Å². The minimum Gasteiger partial charge on any atom is -0.366 e. The molecular weight excluding hydrogens is 360 g/mol. The maximum Gasteiger partial charge on any atom is 0.446 e. The smallest absolute Gasteiger partial charge is 0.366 e. The molecule has 0 aliphatic heterocycles.